The second-order valence-electron chi connectivity index (χ2n) is 16.8. The van der Waals surface area contributed by atoms with Crippen LogP contribution in [0.5, 0.6) is 0 Å². The van der Waals surface area contributed by atoms with Crippen LogP contribution in [0.15, 0.2) is 193 Å². The molecule has 0 aliphatic heterocycles. The van der Waals surface area contributed by atoms with E-state index in [-0.39, 0.29) is 5.43 Å². The average molecular weight is 906 g/mol. The first-order chi connectivity index (χ1) is 30.7. The number of hydrogen-bond donors (Lipinski definition) is 0. The molecule has 0 saturated heterocycles. The minimum absolute atomic E-state index is 0.151. The van der Waals surface area contributed by atoms with Gasteiger partial charge in [0, 0.05) is 0 Å². The van der Waals surface area contributed by atoms with Crippen molar-refractivity contribution in [2.45, 2.75) is 12.8 Å². The summed E-state index contributed by atoms with van der Waals surface area (Å²) in [6.45, 7) is 0. The number of para-hydroxylation sites is 6. The molecular weight excluding hydrogens is 870 g/mol. The number of rotatable bonds is 3. The number of hydrogen-bond acceptors (Lipinski definition) is 1. The predicted octanol–water partition coefficient (Wildman–Crippen LogP) is 13.2. The quantitative estimate of drug-likeness (QED) is 0.128. The Morgan fingerprint density at radius 3 is 1.29 bits per heavy atom. The molecule has 13 aromatic rings. The fourth-order valence-corrected chi connectivity index (χ4v) is 14.1. The van der Waals surface area contributed by atoms with E-state index in [4.69, 9.17) is 0 Å². The summed E-state index contributed by atoms with van der Waals surface area (Å²) in [5.41, 5.74) is 16.1. The summed E-state index contributed by atoms with van der Waals surface area (Å²) in [6.07, 6.45) is 1.57. The van der Waals surface area contributed by atoms with Crippen LogP contribution in [-0.2, 0) is 12.8 Å². The second-order valence-corrected chi connectivity index (χ2v) is 19.9. The first-order valence-electron chi connectivity index (χ1n) is 21.3. The van der Waals surface area contributed by atoms with Gasteiger partial charge in [-0.3, -0.25) is 0 Å². The van der Waals surface area contributed by atoms with Gasteiger partial charge in [-0.2, -0.15) is 0 Å². The molecule has 9 aromatic carbocycles. The van der Waals surface area contributed by atoms with Gasteiger partial charge < -0.3 is 0 Å². The van der Waals surface area contributed by atoms with Crippen LogP contribution in [0.1, 0.15) is 22.3 Å². The second kappa shape index (κ2) is 12.9. The zero-order chi connectivity index (χ0) is 40.6. The van der Waals surface area contributed by atoms with E-state index >= 15 is 0 Å². The van der Waals surface area contributed by atoms with Crippen LogP contribution in [-0.4, -0.2) is 34.1 Å². The molecule has 0 spiro atoms. The van der Waals surface area contributed by atoms with Crippen LogP contribution in [0.4, 0.5) is 0 Å². The Bertz CT molecular complexity index is 3980. The molecule has 4 nitrogen and oxygen atoms in total. The van der Waals surface area contributed by atoms with Crippen molar-refractivity contribution in [1.82, 2.24) is 13.7 Å². The molecule has 0 unspecified atom stereocenters. The third-order valence-corrected chi connectivity index (χ3v) is 16.7. The molecule has 0 atom stereocenters. The molecule has 0 fully saturated rings. The summed E-state index contributed by atoms with van der Waals surface area (Å²) >= 11 is -0.859. The van der Waals surface area contributed by atoms with Crippen LogP contribution in [0.2, 0.25) is 0 Å². The normalized spacial score (nSPS) is 12.8. The van der Waals surface area contributed by atoms with Crippen molar-refractivity contribution in [1.29, 1.82) is 0 Å². The Morgan fingerprint density at radius 1 is 0.339 bits per heavy atom. The van der Waals surface area contributed by atoms with E-state index in [1.165, 1.54) is 100 Å². The van der Waals surface area contributed by atoms with Crippen molar-refractivity contribution in [3.63, 3.8) is 0 Å². The van der Waals surface area contributed by atoms with Gasteiger partial charge >= 0.3 is 368 Å². The maximum absolute atomic E-state index is 14.6. The molecule has 0 amide bonds. The number of nitrogens with zero attached hydrogens (tertiary/aromatic N) is 3. The van der Waals surface area contributed by atoms with Crippen molar-refractivity contribution in [2.24, 2.45) is 0 Å². The molecule has 0 bridgehead atoms. The molecule has 0 N–H and O–H groups in total. The Hall–Kier alpha value is -7.16. The zero-order valence-corrected chi connectivity index (χ0v) is 35.8. The van der Waals surface area contributed by atoms with Crippen LogP contribution >= 0.6 is 0 Å². The van der Waals surface area contributed by atoms with Crippen molar-refractivity contribution >= 4 is 103 Å². The van der Waals surface area contributed by atoms with Crippen molar-refractivity contribution < 1.29 is 0 Å². The summed E-state index contributed by atoms with van der Waals surface area (Å²) < 4.78 is 9.78. The van der Waals surface area contributed by atoms with Crippen LogP contribution in [0, 0.1) is 0 Å². The number of fused-ring (bicyclic) bond motifs is 13. The summed E-state index contributed by atoms with van der Waals surface area (Å²) in [5.74, 6) is 0. The molecule has 4 aromatic heterocycles. The predicted molar refractivity (Wildman–Crippen MR) is 260 cm³/mol. The van der Waals surface area contributed by atoms with Gasteiger partial charge in [0.25, 0.3) is 0 Å². The van der Waals surface area contributed by atoms with E-state index in [1.54, 1.807) is 0 Å². The Kier molecular flexibility index (Phi) is 7.20. The van der Waals surface area contributed by atoms with Crippen molar-refractivity contribution in [2.75, 3.05) is 0 Å². The van der Waals surface area contributed by atoms with Gasteiger partial charge in [-0.25, -0.2) is 0 Å². The molecule has 14 rings (SSSR count). The van der Waals surface area contributed by atoms with E-state index in [9.17, 15) is 4.79 Å². The van der Waals surface area contributed by atoms with E-state index in [0.717, 1.165) is 35.0 Å². The van der Waals surface area contributed by atoms with Gasteiger partial charge in [0.15, 0.2) is 0 Å². The number of aromatic nitrogens is 3. The number of benzene rings is 9. The van der Waals surface area contributed by atoms with E-state index < -0.39 is 20.4 Å². The zero-order valence-electron chi connectivity index (χ0n) is 33.5. The van der Waals surface area contributed by atoms with E-state index in [1.807, 2.05) is 0 Å². The molecule has 0 radical (unpaired) electrons. The standard InChI is InChI=1S/C57H35N3OTe/c61-57-45-26-25-37(58-48-19-7-1-13-39(48)40-14-2-8-20-49(40)58)33-56(45)62-55-31-34-27-36-28-38(59-50-21-9-3-15-41(50)42-16-4-10-22-51(42)59)32-54(46(36)29-35(34)30-47(55)57)60-52-23-11-5-17-43(52)44-18-6-12-24-53(44)60/h1-26,28,30-33H,27,29H2. The van der Waals surface area contributed by atoms with Gasteiger partial charge in [0.05, 0.1) is 0 Å². The molecule has 1 aliphatic carbocycles. The topological polar surface area (TPSA) is 31.9 Å². The van der Waals surface area contributed by atoms with Crippen LogP contribution < -0.4 is 5.43 Å². The SMILES string of the molecule is O=c1c2ccc(-n3c4ccccc4c4ccccc43)cc2[te]c2cc3c(cc12)Cc1c(cc(-n2c4ccccc4c4ccccc42)cc1-n1c2ccccc2c2ccccc21)C3. The Labute approximate surface area is 365 Å². The molecule has 1 aliphatic rings. The third kappa shape index (κ3) is 4.81. The Balaban J connectivity index is 0.989. The van der Waals surface area contributed by atoms with Gasteiger partial charge in [-0.1, -0.05) is 0 Å². The molecule has 290 valence electrons. The fourth-order valence-electron chi connectivity index (χ4n) is 10.8. The average Bonchev–Trinajstić information content (AvgIpc) is 3.96. The van der Waals surface area contributed by atoms with Gasteiger partial charge in [0.2, 0.25) is 0 Å². The molecule has 62 heavy (non-hydrogen) atoms. The van der Waals surface area contributed by atoms with E-state index in [2.05, 4.69) is 202 Å². The molecular formula is C57H35N3OTe. The van der Waals surface area contributed by atoms with Crippen LogP contribution in [0.25, 0.3) is 100 Å². The molecule has 4 heterocycles. The van der Waals surface area contributed by atoms with Gasteiger partial charge in [-0.05, 0) is 0 Å². The van der Waals surface area contributed by atoms with Gasteiger partial charge in [0.1, 0.15) is 0 Å². The summed E-state index contributed by atoms with van der Waals surface area (Å²) in [4.78, 5) is 14.6. The summed E-state index contributed by atoms with van der Waals surface area (Å²) in [7, 11) is 0. The first-order valence-corrected chi connectivity index (χ1v) is 23.6. The van der Waals surface area contributed by atoms with Crippen molar-refractivity contribution in [3.05, 3.63) is 221 Å². The van der Waals surface area contributed by atoms with Gasteiger partial charge in [-0.15, -0.1) is 0 Å². The monoisotopic (exact) mass is 907 g/mol. The molecule has 5 heteroatoms. The summed E-state index contributed by atoms with van der Waals surface area (Å²) in [6, 6.07) is 68.6. The fraction of sp³-hybridized carbons (Fsp3) is 0.0351. The van der Waals surface area contributed by atoms with Crippen LogP contribution in [0.3, 0.4) is 0 Å². The van der Waals surface area contributed by atoms with Crippen molar-refractivity contribution in [3.8, 4) is 17.1 Å². The minimum atomic E-state index is -0.859. The first kappa shape index (κ1) is 34.5. The maximum atomic E-state index is 14.6. The van der Waals surface area contributed by atoms with E-state index in [0.29, 0.717) is 0 Å². The Morgan fingerprint density at radius 2 is 0.774 bits per heavy atom. The molecule has 0 saturated carbocycles. The summed E-state index contributed by atoms with van der Waals surface area (Å²) in [5, 5.41) is 9.26. The third-order valence-electron chi connectivity index (χ3n) is 13.5.